The van der Waals surface area contributed by atoms with Gasteiger partial charge >= 0.3 is 11.9 Å². The number of methoxy groups -OCH3 is 1. The maximum atomic E-state index is 13.1. The van der Waals surface area contributed by atoms with E-state index < -0.39 is 30.6 Å². The summed E-state index contributed by atoms with van der Waals surface area (Å²) in [6, 6.07) is 9.22. The lowest BCUT2D eigenvalue weighted by atomic mass is 10.2. The second-order valence-electron chi connectivity index (χ2n) is 7.94. The molecule has 2 atom stereocenters. The molecule has 196 valence electrons. The first-order valence-electron chi connectivity index (χ1n) is 10.8. The molecule has 0 bridgehead atoms. The van der Waals surface area contributed by atoms with Crippen LogP contribution < -0.4 is 10.4 Å². The third-order valence-corrected chi connectivity index (χ3v) is 5.52. The fourth-order valence-corrected chi connectivity index (χ4v) is 3.62. The van der Waals surface area contributed by atoms with E-state index in [-0.39, 0.29) is 29.8 Å². The average molecular weight is 540 g/mol. The Morgan fingerprint density at radius 1 is 1.14 bits per heavy atom. The summed E-state index contributed by atoms with van der Waals surface area (Å²) in [6.07, 6.45) is -7.35. The Morgan fingerprint density at radius 3 is 2.46 bits per heavy atom. The van der Waals surface area contributed by atoms with Gasteiger partial charge in [0.2, 0.25) is 0 Å². The van der Waals surface area contributed by atoms with Crippen molar-refractivity contribution in [2.45, 2.75) is 38.4 Å². The summed E-state index contributed by atoms with van der Waals surface area (Å²) in [5.41, 5.74) is -0.630. The quantitative estimate of drug-likeness (QED) is 0.349. The molecule has 0 saturated carbocycles. The number of hydrogen-bond acceptors (Lipinski definition) is 8. The Balaban J connectivity index is 1.78. The molecular formula is C22H21ClF3N7O4. The molecule has 0 radical (unpaired) electrons. The lowest BCUT2D eigenvalue weighted by molar-refractivity contribution is -0.207. The van der Waals surface area contributed by atoms with E-state index in [0.717, 1.165) is 9.25 Å². The number of pyridine rings is 1. The van der Waals surface area contributed by atoms with Crippen molar-refractivity contribution in [1.29, 1.82) is 0 Å². The van der Waals surface area contributed by atoms with Crippen molar-refractivity contribution in [3.8, 4) is 23.0 Å². The summed E-state index contributed by atoms with van der Waals surface area (Å²) >= 11 is 5.91. The van der Waals surface area contributed by atoms with Gasteiger partial charge in [0.05, 0.1) is 13.7 Å². The first kappa shape index (κ1) is 26.3. The zero-order chi connectivity index (χ0) is 26.9. The van der Waals surface area contributed by atoms with E-state index in [1.54, 1.807) is 12.1 Å². The van der Waals surface area contributed by atoms with Crippen molar-refractivity contribution in [3.05, 3.63) is 69.8 Å². The largest absolute Gasteiger partial charge is 0.493 e. The van der Waals surface area contributed by atoms with Gasteiger partial charge in [0.25, 0.3) is 0 Å². The fraction of sp³-hybridized carbons (Fsp3) is 0.318. The molecule has 11 nitrogen and oxygen atoms in total. The predicted molar refractivity (Wildman–Crippen MR) is 124 cm³/mol. The summed E-state index contributed by atoms with van der Waals surface area (Å²) < 4.78 is 47.4. The van der Waals surface area contributed by atoms with Gasteiger partial charge in [0, 0.05) is 16.8 Å². The molecule has 0 saturated heterocycles. The molecule has 0 fully saturated rings. The smallest absolute Gasteiger partial charge is 0.416 e. The summed E-state index contributed by atoms with van der Waals surface area (Å²) in [6.45, 7) is 0.0282. The van der Waals surface area contributed by atoms with Crippen molar-refractivity contribution >= 4 is 11.6 Å². The third-order valence-electron chi connectivity index (χ3n) is 5.27. The van der Waals surface area contributed by atoms with Crippen LogP contribution in [0.25, 0.3) is 17.2 Å². The van der Waals surface area contributed by atoms with E-state index in [1.165, 1.54) is 49.2 Å². The minimum Gasteiger partial charge on any atom is -0.493 e. The van der Waals surface area contributed by atoms with Gasteiger partial charge in [-0.15, -0.1) is 10.2 Å². The van der Waals surface area contributed by atoms with Crippen LogP contribution in [0.15, 0.2) is 47.4 Å². The van der Waals surface area contributed by atoms with Crippen LogP contribution in [0, 0.1) is 0 Å². The van der Waals surface area contributed by atoms with Crippen LogP contribution in [-0.2, 0) is 13.1 Å². The van der Waals surface area contributed by atoms with Crippen molar-refractivity contribution in [1.82, 2.24) is 34.1 Å². The molecule has 15 heteroatoms. The van der Waals surface area contributed by atoms with Crippen molar-refractivity contribution in [2.75, 3.05) is 7.11 Å². The molecule has 37 heavy (non-hydrogen) atoms. The highest BCUT2D eigenvalue weighted by Gasteiger charge is 2.39. The highest BCUT2D eigenvalue weighted by atomic mass is 35.5. The number of aromatic nitrogens is 7. The van der Waals surface area contributed by atoms with E-state index in [4.69, 9.17) is 16.3 Å². The average Bonchev–Trinajstić information content (AvgIpc) is 3.41. The lowest BCUT2D eigenvalue weighted by Gasteiger charge is -2.15. The molecule has 3 heterocycles. The SMILES string of the molecule is COc1cccnc1-n1nc(Cn2nc(-c3ccc(Cl)cc3)n(CC(O)C(F)(F)F)c2=O)nc1C(C)O. The number of hydrogen-bond donors (Lipinski definition) is 2. The first-order chi connectivity index (χ1) is 17.5. The highest BCUT2D eigenvalue weighted by molar-refractivity contribution is 6.30. The molecule has 3 aromatic heterocycles. The van der Waals surface area contributed by atoms with Crippen LogP contribution in [0.4, 0.5) is 13.2 Å². The number of benzene rings is 1. The second-order valence-corrected chi connectivity index (χ2v) is 8.38. The lowest BCUT2D eigenvalue weighted by Crippen LogP contribution is -2.37. The molecule has 1 aromatic carbocycles. The first-order valence-corrected chi connectivity index (χ1v) is 11.2. The zero-order valence-corrected chi connectivity index (χ0v) is 20.2. The van der Waals surface area contributed by atoms with Crippen molar-refractivity contribution < 1.29 is 28.1 Å². The van der Waals surface area contributed by atoms with E-state index in [9.17, 15) is 28.2 Å². The van der Waals surface area contributed by atoms with Crippen LogP contribution in [0.1, 0.15) is 24.7 Å². The van der Waals surface area contributed by atoms with Crippen LogP contribution in [0.5, 0.6) is 5.75 Å². The number of ether oxygens (including phenoxy) is 1. The van der Waals surface area contributed by atoms with Gasteiger partial charge in [0.1, 0.15) is 12.6 Å². The van der Waals surface area contributed by atoms with Crippen molar-refractivity contribution in [3.63, 3.8) is 0 Å². The molecule has 0 aliphatic rings. The highest BCUT2D eigenvalue weighted by Crippen LogP contribution is 2.25. The summed E-state index contributed by atoms with van der Waals surface area (Å²) in [7, 11) is 1.43. The fourth-order valence-electron chi connectivity index (χ4n) is 3.49. The summed E-state index contributed by atoms with van der Waals surface area (Å²) in [5, 5.41) is 28.7. The minimum absolute atomic E-state index is 0.0226. The topological polar surface area (TPSA) is 133 Å². The maximum absolute atomic E-state index is 13.1. The molecule has 2 N–H and O–H groups in total. The van der Waals surface area contributed by atoms with Gasteiger partial charge in [-0.05, 0) is 43.3 Å². The number of halogens is 4. The van der Waals surface area contributed by atoms with Crippen LogP contribution >= 0.6 is 11.6 Å². The van der Waals surface area contributed by atoms with E-state index >= 15 is 0 Å². The molecule has 0 aliphatic heterocycles. The number of nitrogens with zero attached hydrogens (tertiary/aromatic N) is 7. The van der Waals surface area contributed by atoms with Crippen LogP contribution in [0.2, 0.25) is 5.02 Å². The molecule has 0 aliphatic carbocycles. The number of aliphatic hydroxyl groups is 2. The molecule has 2 unspecified atom stereocenters. The zero-order valence-electron chi connectivity index (χ0n) is 19.5. The standard InChI is InChI=1S/C22H21ClF3N7O4/c1-12(34)18-28-17(29-33(18)20-15(37-2)4-3-9-27-20)11-32-21(36)31(10-16(35)22(24,25)26)19(30-32)13-5-7-14(23)8-6-13/h3-9,12,16,34-35H,10-11H2,1-2H3. The van der Waals surface area contributed by atoms with Gasteiger partial charge in [-0.25, -0.2) is 19.4 Å². The van der Waals surface area contributed by atoms with Crippen LogP contribution in [-0.4, -0.2) is 63.7 Å². The number of aliphatic hydroxyl groups excluding tert-OH is 2. The normalized spacial score (nSPS) is 13.5. The molecule has 0 amide bonds. The second kappa shape index (κ2) is 10.3. The van der Waals surface area contributed by atoms with E-state index in [0.29, 0.717) is 16.3 Å². The summed E-state index contributed by atoms with van der Waals surface area (Å²) in [4.78, 5) is 21.6. The Morgan fingerprint density at radius 2 is 1.84 bits per heavy atom. The van der Waals surface area contributed by atoms with Crippen LogP contribution in [0.3, 0.4) is 0 Å². The van der Waals surface area contributed by atoms with Gasteiger partial charge in [-0.1, -0.05) is 11.6 Å². The number of rotatable bonds is 8. The van der Waals surface area contributed by atoms with Gasteiger partial charge in [-0.3, -0.25) is 4.57 Å². The minimum atomic E-state index is -4.95. The third kappa shape index (κ3) is 5.50. The molecule has 4 aromatic rings. The molecule has 4 rings (SSSR count). The van der Waals surface area contributed by atoms with Gasteiger partial charge < -0.3 is 14.9 Å². The van der Waals surface area contributed by atoms with E-state index in [2.05, 4.69) is 20.2 Å². The molecular weight excluding hydrogens is 519 g/mol. The monoisotopic (exact) mass is 539 g/mol. The Labute approximate surface area is 212 Å². The Hall–Kier alpha value is -3.75. The predicted octanol–water partition coefficient (Wildman–Crippen LogP) is 2.37. The van der Waals surface area contributed by atoms with Gasteiger partial charge in [-0.2, -0.15) is 17.9 Å². The number of alkyl halides is 3. The maximum Gasteiger partial charge on any atom is 0.416 e. The Kier molecular flexibility index (Phi) is 7.34. The molecule has 0 spiro atoms. The van der Waals surface area contributed by atoms with Gasteiger partial charge in [0.15, 0.2) is 35.1 Å². The Bertz CT molecular complexity index is 1450. The van der Waals surface area contributed by atoms with Crippen molar-refractivity contribution in [2.24, 2.45) is 0 Å². The summed E-state index contributed by atoms with van der Waals surface area (Å²) in [5.74, 6) is 0.562. The van der Waals surface area contributed by atoms with E-state index in [1.807, 2.05) is 0 Å².